The molecule has 0 fully saturated rings. The Kier molecular flexibility index (Phi) is 5.77. The number of ether oxygens (including phenoxy) is 1. The fraction of sp³-hybridized carbons (Fsp3) is 0.143. The van der Waals surface area contributed by atoms with Crippen molar-refractivity contribution >= 4 is 5.97 Å². The van der Waals surface area contributed by atoms with E-state index in [9.17, 15) is 4.79 Å². The first kappa shape index (κ1) is 14.6. The lowest BCUT2D eigenvalue weighted by atomic mass is 10.2. The van der Waals surface area contributed by atoms with Crippen molar-refractivity contribution in [3.05, 3.63) is 65.5 Å². The maximum atomic E-state index is 11.8. The molecule has 2 aromatic rings. The van der Waals surface area contributed by atoms with Crippen LogP contribution in [0.15, 0.2) is 48.7 Å². The third kappa shape index (κ3) is 3.80. The van der Waals surface area contributed by atoms with E-state index in [2.05, 4.69) is 4.98 Å². The minimum absolute atomic E-state index is 0. The number of nitrogens with one attached hydrogen (secondary N) is 1. The fourth-order valence-electron chi connectivity index (χ4n) is 1.54. The molecule has 2 rings (SSSR count). The molecule has 0 saturated heterocycles. The fourth-order valence-corrected chi connectivity index (χ4v) is 1.54. The van der Waals surface area contributed by atoms with E-state index in [1.54, 1.807) is 18.3 Å². The van der Waals surface area contributed by atoms with Crippen molar-refractivity contribution in [3.63, 3.8) is 0 Å². The molecule has 1 N–H and O–H groups in total. The maximum Gasteiger partial charge on any atom is 0.344 e. The topological polar surface area (TPSA) is 40.4 Å². The van der Waals surface area contributed by atoms with Gasteiger partial charge in [-0.3, -0.25) is 0 Å². The summed E-state index contributed by atoms with van der Waals surface area (Å²) in [6.07, 6.45) is 1.78. The molecule has 0 aliphatic rings. The van der Waals surface area contributed by atoms with Gasteiger partial charge in [-0.2, -0.15) is 0 Å². The Labute approximate surface area is 123 Å². The Morgan fingerprint density at radius 3 is 2.56 bits per heavy atom. The molecule has 0 saturated carbocycles. The number of hydrogen-bond donors (Lipinski definition) is 0. The first-order valence-electron chi connectivity index (χ1n) is 5.46. The van der Waals surface area contributed by atoms with Crippen LogP contribution in [0.25, 0.3) is 0 Å². The van der Waals surface area contributed by atoms with Gasteiger partial charge >= 0.3 is 5.97 Å². The van der Waals surface area contributed by atoms with Gasteiger partial charge in [0.25, 0.3) is 0 Å². The molecule has 3 nitrogen and oxygen atoms in total. The molecule has 0 amide bonds. The number of esters is 1. The van der Waals surface area contributed by atoms with Crippen LogP contribution in [0.1, 0.15) is 21.6 Å². The molecule has 0 radical (unpaired) electrons. The Hall–Kier alpha value is -1.43. The summed E-state index contributed by atoms with van der Waals surface area (Å²) < 4.78 is 5.24. The van der Waals surface area contributed by atoms with Crippen molar-refractivity contribution < 1.29 is 38.5 Å². The number of aryl methyl sites for hydroxylation is 1. The molecule has 0 aliphatic heterocycles. The van der Waals surface area contributed by atoms with E-state index < -0.39 is 0 Å². The van der Waals surface area contributed by atoms with E-state index in [1.165, 1.54) is 0 Å². The number of rotatable bonds is 3. The lowest BCUT2D eigenvalue weighted by Crippen LogP contribution is -3.00. The number of carbonyl (C=O) groups is 1. The van der Waals surface area contributed by atoms with Gasteiger partial charge in [0, 0.05) is 13.0 Å². The van der Waals surface area contributed by atoms with Crippen LogP contribution < -0.4 is 29.0 Å². The second-order valence-electron chi connectivity index (χ2n) is 3.77. The van der Waals surface area contributed by atoms with Crippen LogP contribution in [0.4, 0.5) is 0 Å². The lowest BCUT2D eigenvalue weighted by Gasteiger charge is -2.04. The molecule has 0 spiro atoms. The van der Waals surface area contributed by atoms with Crippen LogP contribution in [0, 0.1) is 6.92 Å². The molecular formula is C14H14INO2. The number of pyridine rings is 1. The molecule has 1 aromatic carbocycles. The van der Waals surface area contributed by atoms with Crippen LogP contribution in [-0.2, 0) is 11.3 Å². The Morgan fingerprint density at radius 1 is 1.17 bits per heavy atom. The first-order chi connectivity index (χ1) is 8.27. The highest BCUT2D eigenvalue weighted by Gasteiger charge is 2.13. The summed E-state index contributed by atoms with van der Waals surface area (Å²) in [6, 6.07) is 13.2. The molecular weight excluding hydrogens is 341 g/mol. The predicted molar refractivity (Wildman–Crippen MR) is 63.3 cm³/mol. The molecule has 0 aliphatic carbocycles. The zero-order chi connectivity index (χ0) is 12.1. The summed E-state index contributed by atoms with van der Waals surface area (Å²) in [4.78, 5) is 14.8. The summed E-state index contributed by atoms with van der Waals surface area (Å²) in [5.74, 6) is -0.303. The average Bonchev–Trinajstić information content (AvgIpc) is 2.38. The Morgan fingerprint density at radius 2 is 1.89 bits per heavy atom. The van der Waals surface area contributed by atoms with Crippen molar-refractivity contribution in [1.29, 1.82) is 0 Å². The van der Waals surface area contributed by atoms with Gasteiger partial charge in [-0.05, 0) is 11.6 Å². The molecule has 1 heterocycles. The molecule has 0 atom stereocenters. The van der Waals surface area contributed by atoms with Gasteiger partial charge in [-0.25, -0.2) is 9.78 Å². The van der Waals surface area contributed by atoms with Crippen LogP contribution in [-0.4, -0.2) is 5.97 Å². The maximum absolute atomic E-state index is 11.8. The standard InChI is InChI=1S/C14H13NO2.HI/c1-11-13(8-5-9-15-11)14(16)17-10-12-6-3-2-4-7-12;/h2-9H,10H2,1H3;1H. The molecule has 4 heteroatoms. The van der Waals surface area contributed by atoms with Gasteiger partial charge in [-0.15, -0.1) is 0 Å². The third-order valence-corrected chi connectivity index (χ3v) is 2.50. The zero-order valence-electron chi connectivity index (χ0n) is 10.0. The Balaban J connectivity index is 0.00000162. The van der Waals surface area contributed by atoms with Crippen molar-refractivity contribution in [3.8, 4) is 0 Å². The lowest BCUT2D eigenvalue weighted by molar-refractivity contribution is -0.387. The van der Waals surface area contributed by atoms with Crippen LogP contribution >= 0.6 is 0 Å². The van der Waals surface area contributed by atoms with E-state index in [0.717, 1.165) is 11.3 Å². The molecule has 94 valence electrons. The van der Waals surface area contributed by atoms with Crippen molar-refractivity contribution in [2.75, 3.05) is 0 Å². The highest BCUT2D eigenvalue weighted by Crippen LogP contribution is 2.06. The van der Waals surface area contributed by atoms with Crippen LogP contribution in [0.3, 0.4) is 0 Å². The predicted octanol–water partition coefficient (Wildman–Crippen LogP) is -0.830. The van der Waals surface area contributed by atoms with Gasteiger partial charge in [0.1, 0.15) is 12.2 Å². The van der Waals surface area contributed by atoms with Crippen molar-refractivity contribution in [2.24, 2.45) is 0 Å². The molecule has 1 aromatic heterocycles. The van der Waals surface area contributed by atoms with E-state index in [1.807, 2.05) is 37.3 Å². The van der Waals surface area contributed by atoms with Gasteiger partial charge in [0.2, 0.25) is 0 Å². The van der Waals surface area contributed by atoms with Crippen molar-refractivity contribution in [1.82, 2.24) is 0 Å². The van der Waals surface area contributed by atoms with E-state index in [-0.39, 0.29) is 29.9 Å². The number of benzene rings is 1. The normalized spacial score (nSPS) is 9.39. The summed E-state index contributed by atoms with van der Waals surface area (Å²) in [5.41, 5.74) is 2.37. The Bertz CT molecular complexity index is 514. The van der Waals surface area contributed by atoms with Crippen LogP contribution in [0.5, 0.6) is 0 Å². The zero-order valence-corrected chi connectivity index (χ0v) is 12.2. The summed E-state index contributed by atoms with van der Waals surface area (Å²) in [5, 5.41) is 0. The molecule has 18 heavy (non-hydrogen) atoms. The number of aromatic nitrogens is 1. The van der Waals surface area contributed by atoms with Gasteiger partial charge < -0.3 is 28.7 Å². The summed E-state index contributed by atoms with van der Waals surface area (Å²) in [6.45, 7) is 2.15. The molecule has 0 unspecified atom stereocenters. The van der Waals surface area contributed by atoms with E-state index in [0.29, 0.717) is 12.2 Å². The van der Waals surface area contributed by atoms with E-state index >= 15 is 0 Å². The van der Waals surface area contributed by atoms with Gasteiger partial charge in [0.15, 0.2) is 11.9 Å². The summed E-state index contributed by atoms with van der Waals surface area (Å²) >= 11 is 0. The highest BCUT2D eigenvalue weighted by atomic mass is 127. The van der Waals surface area contributed by atoms with Gasteiger partial charge in [-0.1, -0.05) is 30.3 Å². The number of aromatic amines is 1. The minimum atomic E-state index is -0.303. The quantitative estimate of drug-likeness (QED) is 0.533. The number of hydrogen-bond acceptors (Lipinski definition) is 2. The second-order valence-corrected chi connectivity index (χ2v) is 3.77. The number of H-pyrrole nitrogens is 1. The number of halogens is 1. The number of carbonyl (C=O) groups excluding carboxylic acids is 1. The molecule has 0 bridgehead atoms. The monoisotopic (exact) mass is 355 g/mol. The largest absolute Gasteiger partial charge is 1.00 e. The first-order valence-corrected chi connectivity index (χ1v) is 5.46. The van der Waals surface area contributed by atoms with Crippen molar-refractivity contribution in [2.45, 2.75) is 13.5 Å². The van der Waals surface area contributed by atoms with Crippen LogP contribution in [0.2, 0.25) is 0 Å². The second kappa shape index (κ2) is 7.10. The van der Waals surface area contributed by atoms with Gasteiger partial charge in [0.05, 0.1) is 0 Å². The third-order valence-electron chi connectivity index (χ3n) is 2.50. The smallest absolute Gasteiger partial charge is 0.344 e. The highest BCUT2D eigenvalue weighted by molar-refractivity contribution is 5.90. The minimum Gasteiger partial charge on any atom is -1.00 e. The average molecular weight is 355 g/mol. The SMILES string of the molecule is Cc1[nH+]cccc1C(=O)OCc1ccccc1.[I-]. The van der Waals surface area contributed by atoms with E-state index in [4.69, 9.17) is 4.74 Å². The summed E-state index contributed by atoms with van der Waals surface area (Å²) in [7, 11) is 0.